The topological polar surface area (TPSA) is 53.9 Å². The maximum Gasteiger partial charge on any atom is 0.147 e. The average molecular weight is 317 g/mol. The summed E-state index contributed by atoms with van der Waals surface area (Å²) in [6.45, 7) is 5.34. The third kappa shape index (κ3) is 3.81. The molecule has 1 N–H and O–H groups in total. The zero-order valence-electron chi connectivity index (χ0n) is 13.2. The maximum absolute atomic E-state index is 4.59. The average Bonchev–Trinajstić information content (AvgIpc) is 2.93. The third-order valence-corrected chi connectivity index (χ3v) is 4.97. The second-order valence-corrected chi connectivity index (χ2v) is 6.97. The number of anilines is 1. The third-order valence-electron chi connectivity index (χ3n) is 4.15. The molecule has 1 aliphatic heterocycles. The Morgan fingerprint density at radius 1 is 1.36 bits per heavy atom. The number of nitrogens with one attached hydrogen (secondary N) is 1. The summed E-state index contributed by atoms with van der Waals surface area (Å²) >= 11 is 1.74. The Morgan fingerprint density at radius 2 is 2.23 bits per heavy atom. The first kappa shape index (κ1) is 15.4. The quantitative estimate of drug-likeness (QED) is 0.919. The first-order valence-corrected chi connectivity index (χ1v) is 8.73. The van der Waals surface area contributed by atoms with Crippen molar-refractivity contribution in [2.24, 2.45) is 5.92 Å². The molecule has 2 aromatic heterocycles. The second kappa shape index (κ2) is 7.15. The van der Waals surface area contributed by atoms with Crippen molar-refractivity contribution in [2.75, 3.05) is 25.5 Å². The van der Waals surface area contributed by atoms with Gasteiger partial charge in [-0.25, -0.2) is 9.97 Å². The van der Waals surface area contributed by atoms with Crippen LogP contribution in [-0.2, 0) is 13.0 Å². The number of likely N-dealkylation sites (tertiary alicyclic amines) is 1. The fourth-order valence-corrected chi connectivity index (χ4v) is 3.77. The summed E-state index contributed by atoms with van der Waals surface area (Å²) in [5.41, 5.74) is 2.29. The number of nitrogens with zero attached hydrogens (tertiary/aromatic N) is 4. The Balaban J connectivity index is 1.60. The van der Waals surface area contributed by atoms with Gasteiger partial charge in [-0.1, -0.05) is 0 Å². The molecule has 3 heterocycles. The molecule has 0 amide bonds. The Kier molecular flexibility index (Phi) is 5.00. The fourth-order valence-electron chi connectivity index (χ4n) is 3.17. The Labute approximate surface area is 135 Å². The van der Waals surface area contributed by atoms with Gasteiger partial charge in [-0.3, -0.25) is 9.88 Å². The summed E-state index contributed by atoms with van der Waals surface area (Å²) in [6, 6.07) is 0. The summed E-state index contributed by atoms with van der Waals surface area (Å²) in [5, 5.41) is 6.48. The molecule has 0 saturated carbocycles. The molecular formula is C16H23N5S. The minimum atomic E-state index is 0.650. The van der Waals surface area contributed by atoms with Gasteiger partial charge in [-0.15, -0.1) is 11.3 Å². The van der Waals surface area contributed by atoms with Gasteiger partial charge in [-0.2, -0.15) is 0 Å². The van der Waals surface area contributed by atoms with Crippen molar-refractivity contribution in [1.29, 1.82) is 0 Å². The van der Waals surface area contributed by atoms with Crippen LogP contribution in [0.1, 0.15) is 29.2 Å². The molecule has 5 nitrogen and oxygen atoms in total. The van der Waals surface area contributed by atoms with Crippen LogP contribution in [0.15, 0.2) is 17.8 Å². The molecule has 0 radical (unpaired) electrons. The second-order valence-electron chi connectivity index (χ2n) is 5.91. The number of piperidine rings is 1. The van der Waals surface area contributed by atoms with Gasteiger partial charge in [0.05, 0.1) is 16.4 Å². The largest absolute Gasteiger partial charge is 0.372 e. The van der Waals surface area contributed by atoms with E-state index in [4.69, 9.17) is 0 Å². The molecule has 1 aliphatic rings. The lowest BCUT2D eigenvalue weighted by Gasteiger charge is -2.32. The van der Waals surface area contributed by atoms with E-state index in [1.165, 1.54) is 25.1 Å². The van der Waals surface area contributed by atoms with Gasteiger partial charge >= 0.3 is 0 Å². The van der Waals surface area contributed by atoms with Gasteiger partial charge in [0.1, 0.15) is 5.82 Å². The summed E-state index contributed by atoms with van der Waals surface area (Å²) in [5.74, 6) is 1.56. The van der Waals surface area contributed by atoms with Crippen molar-refractivity contribution in [1.82, 2.24) is 19.9 Å². The predicted molar refractivity (Wildman–Crippen MR) is 90.1 cm³/mol. The smallest absolute Gasteiger partial charge is 0.147 e. The van der Waals surface area contributed by atoms with Gasteiger partial charge in [0.15, 0.2) is 0 Å². The van der Waals surface area contributed by atoms with Crippen LogP contribution < -0.4 is 5.32 Å². The molecule has 0 unspecified atom stereocenters. The van der Waals surface area contributed by atoms with Crippen LogP contribution in [0.25, 0.3) is 0 Å². The molecule has 1 fully saturated rings. The summed E-state index contributed by atoms with van der Waals surface area (Å²) in [6.07, 6.45) is 7.05. The van der Waals surface area contributed by atoms with Crippen molar-refractivity contribution >= 4 is 17.2 Å². The van der Waals surface area contributed by atoms with E-state index in [2.05, 4.69) is 37.5 Å². The number of aromatic nitrogens is 3. The molecule has 1 saturated heterocycles. The van der Waals surface area contributed by atoms with Gasteiger partial charge < -0.3 is 5.32 Å². The van der Waals surface area contributed by atoms with Crippen LogP contribution in [0.3, 0.4) is 0 Å². The number of aryl methyl sites for hydroxylation is 1. The van der Waals surface area contributed by atoms with Crippen molar-refractivity contribution in [3.05, 3.63) is 34.2 Å². The highest BCUT2D eigenvalue weighted by molar-refractivity contribution is 7.09. The van der Waals surface area contributed by atoms with Crippen molar-refractivity contribution in [3.8, 4) is 0 Å². The fraction of sp³-hybridized carbons (Fsp3) is 0.562. The molecule has 0 aromatic carbocycles. The van der Waals surface area contributed by atoms with Crippen LogP contribution in [0.4, 0.5) is 5.82 Å². The number of hydrogen-bond donors (Lipinski definition) is 1. The van der Waals surface area contributed by atoms with E-state index in [1.54, 1.807) is 23.7 Å². The highest BCUT2D eigenvalue weighted by Gasteiger charge is 2.22. The molecule has 118 valence electrons. The Morgan fingerprint density at radius 3 is 3.00 bits per heavy atom. The predicted octanol–water partition coefficient (Wildman–Crippen LogP) is 2.74. The van der Waals surface area contributed by atoms with E-state index < -0.39 is 0 Å². The molecule has 2 aromatic rings. The van der Waals surface area contributed by atoms with Crippen molar-refractivity contribution in [3.63, 3.8) is 0 Å². The molecule has 22 heavy (non-hydrogen) atoms. The molecular weight excluding hydrogens is 294 g/mol. The zero-order chi connectivity index (χ0) is 15.4. The molecule has 6 heteroatoms. The van der Waals surface area contributed by atoms with E-state index in [1.807, 2.05) is 7.05 Å². The molecule has 1 atom stereocenters. The van der Waals surface area contributed by atoms with Crippen molar-refractivity contribution < 1.29 is 0 Å². The van der Waals surface area contributed by atoms with Crippen LogP contribution in [0, 0.1) is 12.8 Å². The van der Waals surface area contributed by atoms with Crippen LogP contribution in [-0.4, -0.2) is 40.0 Å². The van der Waals surface area contributed by atoms with E-state index in [-0.39, 0.29) is 0 Å². The summed E-state index contributed by atoms with van der Waals surface area (Å²) < 4.78 is 0. The zero-order valence-corrected chi connectivity index (χ0v) is 14.1. The first-order valence-electron chi connectivity index (χ1n) is 7.85. The van der Waals surface area contributed by atoms with Gasteiger partial charge in [0.2, 0.25) is 0 Å². The number of hydrogen-bond acceptors (Lipinski definition) is 6. The summed E-state index contributed by atoms with van der Waals surface area (Å²) in [7, 11) is 1.91. The van der Waals surface area contributed by atoms with E-state index in [0.29, 0.717) is 5.92 Å². The molecule has 3 rings (SSSR count). The van der Waals surface area contributed by atoms with E-state index >= 15 is 0 Å². The highest BCUT2D eigenvalue weighted by atomic mass is 32.1. The Hall–Kier alpha value is -1.53. The minimum absolute atomic E-state index is 0.650. The van der Waals surface area contributed by atoms with Gasteiger partial charge in [0, 0.05) is 37.9 Å². The van der Waals surface area contributed by atoms with Crippen LogP contribution >= 0.6 is 11.3 Å². The normalized spacial score (nSPS) is 19.3. The van der Waals surface area contributed by atoms with Crippen molar-refractivity contribution in [2.45, 2.75) is 32.7 Å². The van der Waals surface area contributed by atoms with E-state index in [9.17, 15) is 0 Å². The highest BCUT2D eigenvalue weighted by Crippen LogP contribution is 2.23. The molecule has 0 bridgehead atoms. The lowest BCUT2D eigenvalue weighted by molar-refractivity contribution is 0.165. The van der Waals surface area contributed by atoms with E-state index in [0.717, 1.165) is 36.0 Å². The van der Waals surface area contributed by atoms with Crippen LogP contribution in [0.2, 0.25) is 0 Å². The number of thiazole rings is 1. The summed E-state index contributed by atoms with van der Waals surface area (Å²) in [4.78, 5) is 16.0. The standard InChI is InChI=1S/C16H23N5S/c1-12-20-14(11-22-12)10-21-7-3-4-13(9-21)8-15-16(17-2)19-6-5-18-15/h5-6,11,13H,3-4,7-10H2,1-2H3,(H,17,19)/t13-/m1/s1. The van der Waals surface area contributed by atoms with Crippen LogP contribution in [0.5, 0.6) is 0 Å². The lowest BCUT2D eigenvalue weighted by atomic mass is 9.93. The SMILES string of the molecule is CNc1nccnc1C[C@H]1CCCN(Cc2csc(C)n2)C1. The minimum Gasteiger partial charge on any atom is -0.372 e. The Bertz CT molecular complexity index is 612. The lowest BCUT2D eigenvalue weighted by Crippen LogP contribution is -2.36. The maximum atomic E-state index is 4.59. The van der Waals surface area contributed by atoms with Gasteiger partial charge in [-0.05, 0) is 38.6 Å². The monoisotopic (exact) mass is 317 g/mol. The number of rotatable bonds is 5. The van der Waals surface area contributed by atoms with Gasteiger partial charge in [0.25, 0.3) is 0 Å². The molecule has 0 spiro atoms. The molecule has 0 aliphatic carbocycles. The first-order chi connectivity index (χ1) is 10.7.